The first-order valence-electron chi connectivity index (χ1n) is 13.7. The van der Waals surface area contributed by atoms with Crippen LogP contribution in [0.5, 0.6) is 0 Å². The molecule has 220 valence electrons. The highest BCUT2D eigenvalue weighted by Crippen LogP contribution is 2.29. The third kappa shape index (κ3) is 7.88. The molecule has 0 saturated heterocycles. The number of hydrogen-bond acceptors (Lipinski definition) is 4. The average molecular weight is 641 g/mol. The lowest BCUT2D eigenvalue weighted by atomic mass is 10.0. The molecule has 5 aromatic carbocycles. The summed E-state index contributed by atoms with van der Waals surface area (Å²) in [4.78, 5) is 40.3. The van der Waals surface area contributed by atoms with E-state index >= 15 is 0 Å². The molecule has 1 unspecified atom stereocenters. The Morgan fingerprint density at radius 2 is 1.50 bits per heavy atom. The summed E-state index contributed by atoms with van der Waals surface area (Å²) in [6.45, 7) is 1.78. The highest BCUT2D eigenvalue weighted by atomic mass is 35.5. The molecule has 0 bridgehead atoms. The van der Waals surface area contributed by atoms with Crippen molar-refractivity contribution in [3.8, 4) is 0 Å². The summed E-state index contributed by atoms with van der Waals surface area (Å²) < 4.78 is 0. The number of halogens is 2. The molecule has 3 N–H and O–H groups in total. The van der Waals surface area contributed by atoms with Crippen molar-refractivity contribution in [2.75, 3.05) is 10.6 Å². The van der Waals surface area contributed by atoms with Crippen molar-refractivity contribution < 1.29 is 14.4 Å². The van der Waals surface area contributed by atoms with E-state index in [1.165, 1.54) is 11.8 Å². The molecule has 0 aliphatic heterocycles. The average Bonchev–Trinajstić information content (AvgIpc) is 3.02. The van der Waals surface area contributed by atoms with Crippen molar-refractivity contribution in [3.05, 3.63) is 142 Å². The van der Waals surface area contributed by atoms with Gasteiger partial charge >= 0.3 is 0 Å². The fraction of sp³-hybridized carbons (Fsp3) is 0.0571. The van der Waals surface area contributed by atoms with Crippen LogP contribution < -0.4 is 16.0 Å². The van der Waals surface area contributed by atoms with Crippen molar-refractivity contribution in [2.24, 2.45) is 0 Å². The van der Waals surface area contributed by atoms with Crippen LogP contribution in [-0.4, -0.2) is 23.0 Å². The van der Waals surface area contributed by atoms with Crippen LogP contribution in [0.25, 0.3) is 16.8 Å². The Labute approximate surface area is 269 Å². The number of carbonyl (C=O) groups is 3. The minimum Gasteiger partial charge on any atom is -0.324 e. The molecule has 0 fully saturated rings. The van der Waals surface area contributed by atoms with E-state index in [0.717, 1.165) is 21.2 Å². The second-order valence-electron chi connectivity index (χ2n) is 9.80. The molecule has 0 aliphatic rings. The van der Waals surface area contributed by atoms with E-state index in [1.54, 1.807) is 73.7 Å². The molecule has 0 spiro atoms. The van der Waals surface area contributed by atoms with Crippen LogP contribution in [0.15, 0.2) is 126 Å². The quantitative estimate of drug-likeness (QED) is 0.111. The minimum atomic E-state index is -0.493. The predicted molar refractivity (Wildman–Crippen MR) is 181 cm³/mol. The summed E-state index contributed by atoms with van der Waals surface area (Å²) in [5.41, 5.74) is 2.27. The number of benzene rings is 5. The topological polar surface area (TPSA) is 87.3 Å². The van der Waals surface area contributed by atoms with Gasteiger partial charge in [0.15, 0.2) is 0 Å². The van der Waals surface area contributed by atoms with Gasteiger partial charge in [0.05, 0.1) is 16.0 Å². The van der Waals surface area contributed by atoms with E-state index in [4.69, 9.17) is 23.2 Å². The zero-order valence-electron chi connectivity index (χ0n) is 23.5. The molecular weight excluding hydrogens is 613 g/mol. The number of carbonyl (C=O) groups excluding carboxylic acids is 3. The summed E-state index contributed by atoms with van der Waals surface area (Å²) in [5, 5.41) is 10.8. The number of hydrogen-bond donors (Lipinski definition) is 3. The van der Waals surface area contributed by atoms with E-state index in [0.29, 0.717) is 27.0 Å². The van der Waals surface area contributed by atoms with Crippen LogP contribution in [0, 0.1) is 0 Å². The number of anilines is 2. The first-order chi connectivity index (χ1) is 21.3. The van der Waals surface area contributed by atoms with Gasteiger partial charge in [0, 0.05) is 21.2 Å². The van der Waals surface area contributed by atoms with E-state index in [1.807, 2.05) is 54.6 Å². The summed E-state index contributed by atoms with van der Waals surface area (Å²) in [7, 11) is 0. The van der Waals surface area contributed by atoms with Gasteiger partial charge in [0.1, 0.15) is 5.70 Å². The molecule has 0 heterocycles. The molecule has 3 amide bonds. The molecule has 5 rings (SSSR count). The van der Waals surface area contributed by atoms with Crippen molar-refractivity contribution in [3.63, 3.8) is 0 Å². The lowest BCUT2D eigenvalue weighted by Gasteiger charge is -2.15. The maximum Gasteiger partial charge on any atom is 0.272 e. The van der Waals surface area contributed by atoms with Crippen molar-refractivity contribution in [2.45, 2.75) is 17.1 Å². The Bertz CT molecular complexity index is 1870. The van der Waals surface area contributed by atoms with Gasteiger partial charge < -0.3 is 16.0 Å². The Morgan fingerprint density at radius 1 is 0.773 bits per heavy atom. The summed E-state index contributed by atoms with van der Waals surface area (Å²) in [5.74, 6) is -1.14. The first-order valence-corrected chi connectivity index (χ1v) is 15.3. The van der Waals surface area contributed by atoms with Gasteiger partial charge in [-0.3, -0.25) is 14.4 Å². The highest BCUT2D eigenvalue weighted by Gasteiger charge is 2.18. The highest BCUT2D eigenvalue weighted by molar-refractivity contribution is 8.00. The second kappa shape index (κ2) is 14.3. The molecule has 1 atom stereocenters. The third-order valence-electron chi connectivity index (χ3n) is 6.61. The molecule has 5 aromatic rings. The van der Waals surface area contributed by atoms with Gasteiger partial charge in [-0.15, -0.1) is 11.8 Å². The lowest BCUT2D eigenvalue weighted by Crippen LogP contribution is -2.30. The minimum absolute atomic E-state index is 0.0841. The number of amides is 3. The van der Waals surface area contributed by atoms with Gasteiger partial charge in [0.25, 0.3) is 11.8 Å². The van der Waals surface area contributed by atoms with Gasteiger partial charge in [-0.25, -0.2) is 0 Å². The van der Waals surface area contributed by atoms with Crippen LogP contribution in [0.1, 0.15) is 22.8 Å². The van der Waals surface area contributed by atoms with Crippen molar-refractivity contribution in [1.82, 2.24) is 5.32 Å². The Morgan fingerprint density at radius 3 is 2.30 bits per heavy atom. The zero-order valence-corrected chi connectivity index (χ0v) is 25.8. The third-order valence-corrected chi connectivity index (χ3v) is 8.26. The molecule has 0 saturated carbocycles. The van der Waals surface area contributed by atoms with Crippen molar-refractivity contribution >= 4 is 80.9 Å². The maximum atomic E-state index is 13.6. The van der Waals surface area contributed by atoms with Crippen LogP contribution >= 0.6 is 35.0 Å². The van der Waals surface area contributed by atoms with Crippen LogP contribution in [0.2, 0.25) is 10.0 Å². The number of thioether (sulfide) groups is 1. The van der Waals surface area contributed by atoms with Crippen LogP contribution in [0.4, 0.5) is 11.4 Å². The molecule has 9 heteroatoms. The van der Waals surface area contributed by atoms with Gasteiger partial charge in [0.2, 0.25) is 5.91 Å². The summed E-state index contributed by atoms with van der Waals surface area (Å²) in [6, 6.07) is 34.3. The van der Waals surface area contributed by atoms with Crippen LogP contribution in [0.3, 0.4) is 0 Å². The summed E-state index contributed by atoms with van der Waals surface area (Å²) in [6.07, 6.45) is 1.67. The number of fused-ring (bicyclic) bond motifs is 1. The van der Waals surface area contributed by atoms with Crippen LogP contribution in [-0.2, 0) is 9.59 Å². The number of rotatable bonds is 9. The zero-order chi connectivity index (χ0) is 31.1. The fourth-order valence-corrected chi connectivity index (χ4v) is 5.78. The molecular formula is C35H27Cl2N3O3S. The Hall–Kier alpha value is -4.56. The Kier molecular flexibility index (Phi) is 10.0. The molecule has 0 aliphatic carbocycles. The standard InChI is InChI=1S/C35H27Cl2N3O3S/c1-22(33(41)39-31-18-17-26(36)20-30(31)37)44-28-15-8-14-27(21-28)38-35(43)32(40-34(42)24-10-3-2-4-11-24)19-25-13-7-12-23-9-5-6-16-29(23)25/h2-22H,1H3,(H,38,43)(H,39,41)(H,40,42)/b32-19+. The fourth-order valence-electron chi connectivity index (χ4n) is 4.40. The molecule has 0 aromatic heterocycles. The van der Waals surface area contributed by atoms with E-state index in [9.17, 15) is 14.4 Å². The van der Waals surface area contributed by atoms with Gasteiger partial charge in [-0.1, -0.05) is 89.9 Å². The Balaban J connectivity index is 1.35. The monoisotopic (exact) mass is 639 g/mol. The molecule has 44 heavy (non-hydrogen) atoms. The van der Waals surface area contributed by atoms with Gasteiger partial charge in [-0.05, 0) is 77.9 Å². The first kappa shape index (κ1) is 30.9. The maximum absolute atomic E-state index is 13.6. The van der Waals surface area contributed by atoms with Crippen molar-refractivity contribution in [1.29, 1.82) is 0 Å². The molecule has 6 nitrogen and oxygen atoms in total. The van der Waals surface area contributed by atoms with E-state index in [2.05, 4.69) is 16.0 Å². The largest absolute Gasteiger partial charge is 0.324 e. The van der Waals surface area contributed by atoms with E-state index in [-0.39, 0.29) is 11.6 Å². The molecule has 0 radical (unpaired) electrons. The normalized spacial score (nSPS) is 11.9. The smallest absolute Gasteiger partial charge is 0.272 e. The second-order valence-corrected chi connectivity index (χ2v) is 12.1. The summed E-state index contributed by atoms with van der Waals surface area (Å²) >= 11 is 13.5. The lowest BCUT2D eigenvalue weighted by molar-refractivity contribution is -0.115. The number of nitrogens with one attached hydrogen (secondary N) is 3. The van der Waals surface area contributed by atoms with Gasteiger partial charge in [-0.2, -0.15) is 0 Å². The van der Waals surface area contributed by atoms with E-state index < -0.39 is 17.1 Å². The SMILES string of the molecule is CC(Sc1cccc(NC(=O)/C(=C\c2cccc3ccccc23)NC(=O)c2ccccc2)c1)C(=O)Nc1ccc(Cl)cc1Cl. The predicted octanol–water partition coefficient (Wildman–Crippen LogP) is 8.68.